The highest BCUT2D eigenvalue weighted by atomic mass is 16.3. The highest BCUT2D eigenvalue weighted by Gasteiger charge is 2.64. The normalized spacial score (nSPS) is 41.8. The average Bonchev–Trinajstić information content (AvgIpc) is 2.59. The summed E-state index contributed by atoms with van der Waals surface area (Å²) in [5.74, 6) is 0.726. The number of rotatable bonds is 0. The molecule has 1 aromatic carbocycles. The standard InChI is InChI=1S/C26H40O2/c1-14-15(2)17(4)20-19(16(14)3)21(27)22(28)23-25(7)12-9-11-24(5,6)18(25)10-13-26(20,23)8/h18,21-23,27-28H,9-13H2,1-8H3/t18?,21?,22?,23-,25+,26+/m1/s1. The summed E-state index contributed by atoms with van der Waals surface area (Å²) in [6.45, 7) is 18.5. The molecule has 2 saturated carbocycles. The fraction of sp³-hybridized carbons (Fsp3) is 0.769. The van der Waals surface area contributed by atoms with Crippen LogP contribution in [0.1, 0.15) is 99.3 Å². The van der Waals surface area contributed by atoms with Crippen molar-refractivity contribution in [2.75, 3.05) is 0 Å². The van der Waals surface area contributed by atoms with E-state index >= 15 is 0 Å². The number of hydrogen-bond donors (Lipinski definition) is 2. The summed E-state index contributed by atoms with van der Waals surface area (Å²) in [5, 5.41) is 23.0. The number of aliphatic hydroxyl groups is 2. The third-order valence-electron chi connectivity index (χ3n) is 9.89. The van der Waals surface area contributed by atoms with Crippen LogP contribution in [0.2, 0.25) is 0 Å². The fourth-order valence-corrected chi connectivity index (χ4v) is 8.43. The molecule has 0 heterocycles. The molecule has 0 amide bonds. The van der Waals surface area contributed by atoms with Gasteiger partial charge in [0.2, 0.25) is 0 Å². The van der Waals surface area contributed by atoms with Gasteiger partial charge in [-0.1, -0.05) is 34.1 Å². The summed E-state index contributed by atoms with van der Waals surface area (Å²) in [5.41, 5.74) is 7.86. The lowest BCUT2D eigenvalue weighted by Crippen LogP contribution is -2.63. The first-order valence-electron chi connectivity index (χ1n) is 11.3. The quantitative estimate of drug-likeness (QED) is 0.591. The van der Waals surface area contributed by atoms with Crippen LogP contribution >= 0.6 is 0 Å². The van der Waals surface area contributed by atoms with Crippen LogP contribution in [0.25, 0.3) is 0 Å². The van der Waals surface area contributed by atoms with E-state index in [1.54, 1.807) is 0 Å². The van der Waals surface area contributed by atoms with Crippen molar-refractivity contribution in [3.05, 3.63) is 33.4 Å². The van der Waals surface area contributed by atoms with Crippen LogP contribution in [-0.4, -0.2) is 16.3 Å². The Kier molecular flexibility index (Phi) is 4.43. The molecule has 0 bridgehead atoms. The Morgan fingerprint density at radius 2 is 1.39 bits per heavy atom. The Hall–Kier alpha value is -0.860. The fourth-order valence-electron chi connectivity index (χ4n) is 8.43. The first kappa shape index (κ1) is 20.4. The van der Waals surface area contributed by atoms with Gasteiger partial charge in [0.25, 0.3) is 0 Å². The molecule has 2 N–H and O–H groups in total. The summed E-state index contributed by atoms with van der Waals surface area (Å²) < 4.78 is 0. The Morgan fingerprint density at radius 3 is 2.04 bits per heavy atom. The maximum absolute atomic E-state index is 11.6. The van der Waals surface area contributed by atoms with Crippen molar-refractivity contribution in [3.63, 3.8) is 0 Å². The minimum atomic E-state index is -0.772. The van der Waals surface area contributed by atoms with Gasteiger partial charge < -0.3 is 10.2 Å². The predicted octanol–water partition coefficient (Wildman–Crippen LogP) is 5.83. The van der Waals surface area contributed by atoms with E-state index in [4.69, 9.17) is 0 Å². The van der Waals surface area contributed by atoms with E-state index in [1.807, 2.05) is 0 Å². The molecular formula is C26H40O2. The van der Waals surface area contributed by atoms with E-state index in [9.17, 15) is 10.2 Å². The summed E-state index contributed by atoms with van der Waals surface area (Å²) in [6.07, 6.45) is 4.57. The van der Waals surface area contributed by atoms with Crippen molar-refractivity contribution in [2.45, 2.75) is 105 Å². The van der Waals surface area contributed by atoms with E-state index < -0.39 is 12.2 Å². The van der Waals surface area contributed by atoms with Gasteiger partial charge >= 0.3 is 0 Å². The molecule has 3 aliphatic rings. The van der Waals surface area contributed by atoms with Crippen molar-refractivity contribution in [1.82, 2.24) is 0 Å². The molecular weight excluding hydrogens is 344 g/mol. The second-order valence-electron chi connectivity index (χ2n) is 11.6. The largest absolute Gasteiger partial charge is 0.390 e. The lowest BCUT2D eigenvalue weighted by Gasteiger charge is -2.66. The van der Waals surface area contributed by atoms with Gasteiger partial charge in [-0.25, -0.2) is 0 Å². The van der Waals surface area contributed by atoms with Gasteiger partial charge in [-0.3, -0.25) is 0 Å². The van der Waals surface area contributed by atoms with Gasteiger partial charge in [0, 0.05) is 5.92 Å². The lowest BCUT2D eigenvalue weighted by molar-refractivity contribution is -0.175. The van der Waals surface area contributed by atoms with E-state index in [2.05, 4.69) is 55.4 Å². The predicted molar refractivity (Wildman–Crippen MR) is 116 cm³/mol. The monoisotopic (exact) mass is 384 g/mol. The second kappa shape index (κ2) is 6.08. The Labute approximate surface area is 171 Å². The lowest BCUT2D eigenvalue weighted by atomic mass is 9.39. The maximum Gasteiger partial charge on any atom is 0.106 e. The number of benzene rings is 1. The first-order chi connectivity index (χ1) is 12.9. The van der Waals surface area contributed by atoms with Crippen molar-refractivity contribution in [2.24, 2.45) is 22.7 Å². The minimum Gasteiger partial charge on any atom is -0.390 e. The molecule has 3 aliphatic carbocycles. The van der Waals surface area contributed by atoms with Crippen molar-refractivity contribution in [3.8, 4) is 0 Å². The highest BCUT2D eigenvalue weighted by Crippen LogP contribution is 2.68. The van der Waals surface area contributed by atoms with Crippen molar-refractivity contribution in [1.29, 1.82) is 0 Å². The molecule has 6 atom stereocenters. The van der Waals surface area contributed by atoms with E-state index in [1.165, 1.54) is 53.5 Å². The molecule has 2 fully saturated rings. The number of fused-ring (bicyclic) bond motifs is 5. The minimum absolute atomic E-state index is 0.0695. The third-order valence-corrected chi connectivity index (χ3v) is 9.89. The number of aliphatic hydroxyl groups excluding tert-OH is 2. The summed E-state index contributed by atoms with van der Waals surface area (Å²) in [7, 11) is 0. The zero-order chi connectivity index (χ0) is 20.8. The van der Waals surface area contributed by atoms with Gasteiger partial charge in [-0.2, -0.15) is 0 Å². The molecule has 2 heteroatoms. The zero-order valence-electron chi connectivity index (χ0n) is 19.2. The van der Waals surface area contributed by atoms with Crippen LogP contribution in [0.5, 0.6) is 0 Å². The second-order valence-corrected chi connectivity index (χ2v) is 11.6. The average molecular weight is 385 g/mol. The van der Waals surface area contributed by atoms with Crippen LogP contribution in [0, 0.1) is 50.4 Å². The molecule has 0 aliphatic heterocycles. The van der Waals surface area contributed by atoms with Crippen LogP contribution < -0.4 is 0 Å². The maximum atomic E-state index is 11.6. The van der Waals surface area contributed by atoms with E-state index in [0.29, 0.717) is 11.3 Å². The molecule has 0 aromatic heterocycles. The molecule has 0 spiro atoms. The Bertz CT molecular complexity index is 822. The molecule has 3 unspecified atom stereocenters. The van der Waals surface area contributed by atoms with Gasteiger partial charge in [0.05, 0.1) is 6.10 Å². The van der Waals surface area contributed by atoms with E-state index in [-0.39, 0.29) is 16.7 Å². The van der Waals surface area contributed by atoms with Crippen LogP contribution in [0.15, 0.2) is 0 Å². The van der Waals surface area contributed by atoms with Crippen LogP contribution in [-0.2, 0) is 5.41 Å². The Morgan fingerprint density at radius 1 is 0.786 bits per heavy atom. The molecule has 4 rings (SSSR count). The van der Waals surface area contributed by atoms with Gasteiger partial charge in [-0.15, -0.1) is 0 Å². The molecule has 2 nitrogen and oxygen atoms in total. The first-order valence-corrected chi connectivity index (χ1v) is 11.3. The summed E-state index contributed by atoms with van der Waals surface area (Å²) in [4.78, 5) is 0. The summed E-state index contributed by atoms with van der Waals surface area (Å²) in [6, 6.07) is 0. The van der Waals surface area contributed by atoms with Gasteiger partial charge in [0.15, 0.2) is 0 Å². The molecule has 1 aromatic rings. The molecule has 0 radical (unpaired) electrons. The molecule has 28 heavy (non-hydrogen) atoms. The number of hydrogen-bond acceptors (Lipinski definition) is 2. The smallest absolute Gasteiger partial charge is 0.106 e. The van der Waals surface area contributed by atoms with Crippen LogP contribution in [0.4, 0.5) is 0 Å². The van der Waals surface area contributed by atoms with Gasteiger partial charge in [0.1, 0.15) is 6.10 Å². The SMILES string of the molecule is Cc1c(C)c(C)c2c(c1C)C(O)C(O)[C@H]1[C@@]2(C)CCC2C(C)(C)CCC[C@@]21C. The third kappa shape index (κ3) is 2.34. The summed E-state index contributed by atoms with van der Waals surface area (Å²) >= 11 is 0. The topological polar surface area (TPSA) is 40.5 Å². The van der Waals surface area contributed by atoms with Crippen molar-refractivity contribution >= 4 is 0 Å². The van der Waals surface area contributed by atoms with Crippen LogP contribution in [0.3, 0.4) is 0 Å². The Balaban J connectivity index is 1.99. The molecule has 0 saturated heterocycles. The zero-order valence-corrected chi connectivity index (χ0v) is 19.2. The van der Waals surface area contributed by atoms with Crippen molar-refractivity contribution < 1.29 is 10.2 Å². The molecule has 156 valence electrons. The van der Waals surface area contributed by atoms with Gasteiger partial charge in [-0.05, 0) is 109 Å². The van der Waals surface area contributed by atoms with E-state index in [0.717, 1.165) is 12.0 Å². The highest BCUT2D eigenvalue weighted by molar-refractivity contribution is 5.56.